The van der Waals surface area contributed by atoms with Crippen LogP contribution in [0.4, 0.5) is 0 Å². The van der Waals surface area contributed by atoms with Gasteiger partial charge in [0.05, 0.1) is 0 Å². The fourth-order valence-electron chi connectivity index (χ4n) is 7.38. The average Bonchev–Trinajstić information content (AvgIpc) is 3.28. The van der Waals surface area contributed by atoms with Crippen LogP contribution in [0.2, 0.25) is 0 Å². The first-order valence-electron chi connectivity index (χ1n) is 27.2. The number of rotatable bonds is 45. The van der Waals surface area contributed by atoms with Gasteiger partial charge < -0.3 is 5.11 Å². The van der Waals surface area contributed by atoms with Gasteiger partial charge >= 0.3 is 0 Å². The number of aliphatic hydroxyl groups excluding tert-OH is 1. The molecule has 0 amide bonds. The minimum atomic E-state index is -2.76. The van der Waals surface area contributed by atoms with E-state index in [4.69, 9.17) is 20.9 Å². The maximum absolute atomic E-state index is 12.3. The SMILES string of the molecule is CC(C)O.CCCCCCCCP(=O)(CCCCCCCC)OO.CCCCCCCCP(=O)(CCCCCCCC)OO.CCCCCCCCP(=O)(CCCCCCCC)OO.[Ti]. The fraction of sp³-hybridized carbons (Fsp3) is 1.00. The molecule has 0 saturated carbocycles. The van der Waals surface area contributed by atoms with Crippen LogP contribution in [0.1, 0.15) is 287 Å². The third-order valence-electron chi connectivity index (χ3n) is 11.6. The van der Waals surface area contributed by atoms with Crippen LogP contribution in [0.3, 0.4) is 0 Å². The van der Waals surface area contributed by atoms with E-state index in [1.165, 1.54) is 154 Å². The third kappa shape index (κ3) is 63.1. The van der Waals surface area contributed by atoms with Crippen molar-refractivity contribution < 1.29 is 70.3 Å². The first kappa shape index (κ1) is 75.1. The Kier molecular flexibility index (Phi) is 68.6. The first-order valence-corrected chi connectivity index (χ1v) is 33.2. The minimum absolute atomic E-state index is 0. The smallest absolute Gasteiger partial charge is 0.235 e. The van der Waals surface area contributed by atoms with Crippen molar-refractivity contribution in [2.45, 2.75) is 293 Å². The van der Waals surface area contributed by atoms with E-state index in [9.17, 15) is 13.7 Å². The molecule has 0 atom stereocenters. The largest absolute Gasteiger partial charge is 0.394 e. The van der Waals surface area contributed by atoms with E-state index in [-0.39, 0.29) is 27.8 Å². The Morgan fingerprint density at radius 2 is 0.400 bits per heavy atom. The Morgan fingerprint density at radius 1 is 0.292 bits per heavy atom. The van der Waals surface area contributed by atoms with Gasteiger partial charge in [-0.05, 0) is 52.4 Å². The van der Waals surface area contributed by atoms with E-state index < -0.39 is 22.1 Å². The van der Waals surface area contributed by atoms with E-state index in [1.807, 2.05) is 0 Å². The van der Waals surface area contributed by atoms with Gasteiger partial charge in [-0.25, -0.2) is 15.8 Å². The van der Waals surface area contributed by atoms with E-state index in [1.54, 1.807) is 13.8 Å². The summed E-state index contributed by atoms with van der Waals surface area (Å²) in [5.74, 6) is 0. The summed E-state index contributed by atoms with van der Waals surface area (Å²) in [5.41, 5.74) is 0. The summed E-state index contributed by atoms with van der Waals surface area (Å²) in [5, 5.41) is 34.8. The topological polar surface area (TPSA) is 160 Å². The summed E-state index contributed by atoms with van der Waals surface area (Å²) in [6.07, 6.45) is 45.2. The first-order chi connectivity index (χ1) is 30.8. The monoisotopic (exact) mass is 1030 g/mol. The molecule has 0 spiro atoms. The molecule has 0 aromatic heterocycles. The molecule has 0 unspecified atom stereocenters. The van der Waals surface area contributed by atoms with Crippen LogP contribution in [0.5, 0.6) is 0 Å². The molecule has 0 aromatic rings. The minimum Gasteiger partial charge on any atom is -0.394 e. The molecule has 4 N–H and O–H groups in total. The molecule has 0 aliphatic rings. The van der Waals surface area contributed by atoms with Gasteiger partial charge in [0, 0.05) is 64.8 Å². The van der Waals surface area contributed by atoms with Crippen molar-refractivity contribution >= 4 is 22.1 Å². The van der Waals surface area contributed by atoms with E-state index in [2.05, 4.69) is 55.6 Å². The molecule has 0 radical (unpaired) electrons. The molecular formula is C51H113O10P3Ti. The van der Waals surface area contributed by atoms with E-state index >= 15 is 0 Å². The van der Waals surface area contributed by atoms with Gasteiger partial charge in [-0.1, -0.05) is 234 Å². The zero-order valence-corrected chi connectivity index (χ0v) is 48.6. The van der Waals surface area contributed by atoms with Crippen molar-refractivity contribution in [1.29, 1.82) is 0 Å². The van der Waals surface area contributed by atoms with Crippen LogP contribution in [-0.2, 0) is 49.4 Å². The number of unbranched alkanes of at least 4 members (excludes halogenated alkanes) is 30. The van der Waals surface area contributed by atoms with Gasteiger partial charge in [0.25, 0.3) is 0 Å². The number of hydrogen-bond acceptors (Lipinski definition) is 10. The third-order valence-corrected chi connectivity index (χ3v) is 18.4. The molecule has 0 saturated heterocycles. The van der Waals surface area contributed by atoms with Gasteiger partial charge in [0.1, 0.15) is 0 Å². The second-order valence-corrected chi connectivity index (χ2v) is 26.8. The van der Waals surface area contributed by atoms with Crippen molar-refractivity contribution in [3.8, 4) is 0 Å². The number of aliphatic hydroxyl groups is 1. The second kappa shape index (κ2) is 59.4. The van der Waals surface area contributed by atoms with Crippen LogP contribution in [0.25, 0.3) is 0 Å². The molecule has 14 heteroatoms. The Morgan fingerprint density at radius 3 is 0.508 bits per heavy atom. The molecule has 396 valence electrons. The summed E-state index contributed by atoms with van der Waals surface area (Å²) in [4.78, 5) is 0. The van der Waals surface area contributed by atoms with Crippen LogP contribution >= 0.6 is 22.1 Å². The Labute approximate surface area is 419 Å². The molecule has 0 aromatic carbocycles. The van der Waals surface area contributed by atoms with E-state index in [0.717, 1.165) is 77.0 Å². The molecular weight excluding hydrogens is 913 g/mol. The molecule has 0 aliphatic carbocycles. The molecule has 0 aliphatic heterocycles. The molecule has 0 rings (SSSR count). The van der Waals surface area contributed by atoms with Gasteiger partial charge in [-0.3, -0.25) is 13.7 Å². The molecule has 0 bridgehead atoms. The van der Waals surface area contributed by atoms with Gasteiger partial charge in [-0.15, -0.1) is 0 Å². The van der Waals surface area contributed by atoms with Crippen LogP contribution < -0.4 is 0 Å². The van der Waals surface area contributed by atoms with Crippen LogP contribution in [-0.4, -0.2) is 64.0 Å². The quantitative estimate of drug-likeness (QED) is 0.0152. The molecule has 10 nitrogen and oxygen atoms in total. The van der Waals surface area contributed by atoms with Crippen molar-refractivity contribution in [3.63, 3.8) is 0 Å². The summed E-state index contributed by atoms with van der Waals surface area (Å²) >= 11 is 0. The van der Waals surface area contributed by atoms with Crippen molar-refractivity contribution in [2.24, 2.45) is 0 Å². The van der Waals surface area contributed by atoms with Gasteiger partial charge in [0.2, 0.25) is 22.1 Å². The summed E-state index contributed by atoms with van der Waals surface area (Å²) in [6, 6.07) is 0. The molecule has 0 fully saturated rings. The van der Waals surface area contributed by atoms with Crippen LogP contribution in [0, 0.1) is 0 Å². The van der Waals surface area contributed by atoms with Gasteiger partial charge in [-0.2, -0.15) is 14.0 Å². The van der Waals surface area contributed by atoms with Crippen LogP contribution in [0.15, 0.2) is 0 Å². The number of hydrogen-bond donors (Lipinski definition) is 4. The Bertz CT molecular complexity index is 843. The second-order valence-electron chi connectivity index (χ2n) is 18.7. The zero-order valence-electron chi connectivity index (χ0n) is 44.4. The maximum Gasteiger partial charge on any atom is 0.235 e. The van der Waals surface area contributed by atoms with Crippen molar-refractivity contribution in [3.05, 3.63) is 0 Å². The van der Waals surface area contributed by atoms with E-state index in [0.29, 0.717) is 37.0 Å². The standard InChI is InChI=1S/3C16H35O3P.C3H8O.Ti/c3*1-3-5-7-9-11-13-15-20(18,19-17)16-14-12-10-8-6-4-2;1-3(2)4;/h3*17H,3-16H2,1-2H3;3-4H,1-2H3;. The summed E-state index contributed by atoms with van der Waals surface area (Å²) in [7, 11) is -8.27. The maximum atomic E-state index is 12.3. The Hall–Kier alpha value is 1.12. The summed E-state index contributed by atoms with van der Waals surface area (Å²) in [6.45, 7) is 16.7. The predicted molar refractivity (Wildman–Crippen MR) is 281 cm³/mol. The fourth-order valence-corrected chi connectivity index (χ4v) is 12.8. The molecule has 0 heterocycles. The predicted octanol–water partition coefficient (Wildman–Crippen LogP) is 19.8. The Balaban J connectivity index is -0.000000263. The average molecular weight is 1030 g/mol. The zero-order chi connectivity index (χ0) is 48.9. The van der Waals surface area contributed by atoms with Crippen molar-refractivity contribution in [1.82, 2.24) is 0 Å². The molecule has 65 heavy (non-hydrogen) atoms. The van der Waals surface area contributed by atoms with Crippen molar-refractivity contribution in [2.75, 3.05) is 37.0 Å². The van der Waals surface area contributed by atoms with Gasteiger partial charge in [0.15, 0.2) is 0 Å². The normalized spacial score (nSPS) is 11.6. The summed E-state index contributed by atoms with van der Waals surface area (Å²) < 4.78 is 49.9.